The van der Waals surface area contributed by atoms with Crippen LogP contribution in [0.15, 0.2) is 91.0 Å². The second-order valence-corrected chi connectivity index (χ2v) is 12.0. The van der Waals surface area contributed by atoms with Crippen molar-refractivity contribution in [1.29, 1.82) is 0 Å². The minimum Gasteiger partial charge on any atom is -0.466 e. The normalized spacial score (nSPS) is 11.3. The Hall–Kier alpha value is -2.44. The van der Waals surface area contributed by atoms with Crippen LogP contribution in [0.4, 0.5) is 0 Å². The fourth-order valence-electron chi connectivity index (χ4n) is 4.43. The maximum atomic E-state index is 10.8. The minimum absolute atomic E-state index is 0.174. The van der Waals surface area contributed by atoms with Crippen molar-refractivity contribution in [2.75, 3.05) is 12.8 Å². The number of unbranched alkanes of at least 4 members (excludes halogenated alkanes) is 6. The monoisotopic (exact) mass is 447 g/mol. The van der Waals surface area contributed by atoms with E-state index in [-0.39, 0.29) is 5.97 Å². The maximum absolute atomic E-state index is 10.8. The molecule has 0 spiro atoms. The Bertz CT molecular complexity index is 813. The molecule has 168 valence electrons. The highest BCUT2D eigenvalue weighted by molar-refractivity contribution is 7.95. The average Bonchev–Trinajstić information content (AvgIpc) is 2.84. The van der Waals surface area contributed by atoms with E-state index < -0.39 is 7.26 Å². The molecule has 0 bridgehead atoms. The SMILES string of the molecule is CC(=O)OCCCCCCCCC[P+](c1ccccc1)(c1ccccc1)c1ccccc1. The third-order valence-electron chi connectivity index (χ3n) is 6.03. The van der Waals surface area contributed by atoms with E-state index >= 15 is 0 Å². The number of carbonyl (C=O) groups excluding carboxylic acids is 1. The van der Waals surface area contributed by atoms with Gasteiger partial charge in [0.1, 0.15) is 23.2 Å². The van der Waals surface area contributed by atoms with Crippen molar-refractivity contribution in [3.05, 3.63) is 91.0 Å². The highest BCUT2D eigenvalue weighted by Gasteiger charge is 2.44. The summed E-state index contributed by atoms with van der Waals surface area (Å²) in [4.78, 5) is 10.8. The molecule has 0 amide bonds. The molecule has 0 N–H and O–H groups in total. The highest BCUT2D eigenvalue weighted by atomic mass is 31.2. The first-order valence-corrected chi connectivity index (χ1v) is 13.9. The zero-order valence-electron chi connectivity index (χ0n) is 19.3. The number of esters is 1. The molecule has 3 heteroatoms. The van der Waals surface area contributed by atoms with Crippen LogP contribution < -0.4 is 15.9 Å². The summed E-state index contributed by atoms with van der Waals surface area (Å²) < 4.78 is 5.02. The van der Waals surface area contributed by atoms with Crippen molar-refractivity contribution in [2.24, 2.45) is 0 Å². The number of carbonyl (C=O) groups is 1. The molecule has 0 aromatic heterocycles. The summed E-state index contributed by atoms with van der Waals surface area (Å²) in [5.41, 5.74) is 0. The molecular weight excluding hydrogens is 411 g/mol. The smallest absolute Gasteiger partial charge is 0.302 e. The highest BCUT2D eigenvalue weighted by Crippen LogP contribution is 2.55. The average molecular weight is 448 g/mol. The van der Waals surface area contributed by atoms with E-state index in [1.807, 2.05) is 0 Å². The number of hydrogen-bond acceptors (Lipinski definition) is 2. The Kier molecular flexibility index (Phi) is 9.98. The molecule has 2 nitrogen and oxygen atoms in total. The summed E-state index contributed by atoms with van der Waals surface area (Å²) in [5.74, 6) is -0.174. The fraction of sp³-hybridized carbons (Fsp3) is 0.345. The molecule has 0 saturated carbocycles. The van der Waals surface area contributed by atoms with E-state index in [2.05, 4.69) is 91.0 Å². The molecule has 0 aliphatic rings. The third-order valence-corrected chi connectivity index (χ3v) is 10.6. The van der Waals surface area contributed by atoms with E-state index in [0.717, 1.165) is 12.8 Å². The second kappa shape index (κ2) is 13.2. The minimum atomic E-state index is -1.68. The van der Waals surface area contributed by atoms with E-state index in [9.17, 15) is 4.79 Å². The molecule has 3 rings (SSSR count). The molecule has 0 radical (unpaired) electrons. The molecule has 32 heavy (non-hydrogen) atoms. The summed E-state index contributed by atoms with van der Waals surface area (Å²) in [6, 6.07) is 33.5. The Labute approximate surface area is 194 Å². The first kappa shape index (κ1) is 24.2. The van der Waals surface area contributed by atoms with Crippen molar-refractivity contribution in [1.82, 2.24) is 0 Å². The zero-order chi connectivity index (χ0) is 22.5. The zero-order valence-corrected chi connectivity index (χ0v) is 20.2. The van der Waals surface area contributed by atoms with Crippen molar-refractivity contribution >= 4 is 29.1 Å². The molecule has 0 saturated heterocycles. The molecular formula is C29H36O2P+. The molecule has 3 aromatic carbocycles. The Morgan fingerprint density at radius 1 is 0.594 bits per heavy atom. The lowest BCUT2D eigenvalue weighted by Gasteiger charge is -2.27. The number of ether oxygens (including phenoxy) is 1. The van der Waals surface area contributed by atoms with E-state index in [4.69, 9.17) is 4.74 Å². The Balaban J connectivity index is 1.66. The second-order valence-electron chi connectivity index (χ2n) is 8.35. The topological polar surface area (TPSA) is 26.3 Å². The van der Waals surface area contributed by atoms with Crippen molar-refractivity contribution in [2.45, 2.75) is 51.9 Å². The van der Waals surface area contributed by atoms with Crippen LogP contribution in [0.2, 0.25) is 0 Å². The summed E-state index contributed by atoms with van der Waals surface area (Å²) in [7, 11) is -1.68. The first-order valence-electron chi connectivity index (χ1n) is 11.9. The van der Waals surface area contributed by atoms with Crippen LogP contribution in [0, 0.1) is 0 Å². The molecule has 0 unspecified atom stereocenters. The van der Waals surface area contributed by atoms with Crippen molar-refractivity contribution < 1.29 is 9.53 Å². The number of rotatable bonds is 13. The van der Waals surface area contributed by atoms with Gasteiger partial charge in [-0.25, -0.2) is 0 Å². The lowest BCUT2D eigenvalue weighted by molar-refractivity contribution is -0.141. The van der Waals surface area contributed by atoms with Gasteiger partial charge in [0.2, 0.25) is 0 Å². The van der Waals surface area contributed by atoms with Gasteiger partial charge < -0.3 is 4.74 Å². The molecule has 0 atom stereocenters. The van der Waals surface area contributed by atoms with Gasteiger partial charge in [0.15, 0.2) is 0 Å². The first-order chi connectivity index (χ1) is 15.7. The standard InChI is InChI=1S/C29H36O2P/c1-26(30)31-24-16-5-3-2-4-6-17-25-32(27-18-10-7-11-19-27,28-20-12-8-13-21-28)29-22-14-9-15-23-29/h7-15,18-23H,2-6,16-17,24-25H2,1H3/q+1. The quantitative estimate of drug-likeness (QED) is 0.175. The Morgan fingerprint density at radius 3 is 1.38 bits per heavy atom. The van der Waals surface area contributed by atoms with E-state index in [1.54, 1.807) is 0 Å². The summed E-state index contributed by atoms with van der Waals surface area (Å²) >= 11 is 0. The van der Waals surface area contributed by atoms with Crippen LogP contribution >= 0.6 is 7.26 Å². The van der Waals surface area contributed by atoms with Gasteiger partial charge in [-0.15, -0.1) is 0 Å². The maximum Gasteiger partial charge on any atom is 0.302 e. The lowest BCUT2D eigenvalue weighted by atomic mass is 10.1. The molecule has 0 aliphatic heterocycles. The van der Waals surface area contributed by atoms with Gasteiger partial charge >= 0.3 is 5.97 Å². The van der Waals surface area contributed by atoms with Gasteiger partial charge in [0.05, 0.1) is 12.8 Å². The van der Waals surface area contributed by atoms with Crippen LogP contribution in [-0.4, -0.2) is 18.7 Å². The van der Waals surface area contributed by atoms with Crippen molar-refractivity contribution in [3.8, 4) is 0 Å². The van der Waals surface area contributed by atoms with Crippen LogP contribution in [0.3, 0.4) is 0 Å². The summed E-state index contributed by atoms with van der Waals surface area (Å²) in [6.07, 6.45) is 9.57. The van der Waals surface area contributed by atoms with Gasteiger partial charge in [0.25, 0.3) is 0 Å². The largest absolute Gasteiger partial charge is 0.466 e. The molecule has 0 heterocycles. The van der Waals surface area contributed by atoms with E-state index in [0.29, 0.717) is 6.61 Å². The predicted octanol–water partition coefficient (Wildman–Crippen LogP) is 6.27. The summed E-state index contributed by atoms with van der Waals surface area (Å²) in [6.45, 7) is 2.04. The lowest BCUT2D eigenvalue weighted by Crippen LogP contribution is -2.33. The van der Waals surface area contributed by atoms with Gasteiger partial charge in [-0.05, 0) is 55.7 Å². The third kappa shape index (κ3) is 6.78. The molecule has 0 fully saturated rings. The summed E-state index contributed by atoms with van der Waals surface area (Å²) in [5, 5.41) is 4.42. The van der Waals surface area contributed by atoms with Gasteiger partial charge in [-0.3, -0.25) is 4.79 Å². The molecule has 0 aliphatic carbocycles. The molecule has 3 aromatic rings. The fourth-order valence-corrected chi connectivity index (χ4v) is 8.84. The van der Waals surface area contributed by atoms with Crippen LogP contribution in [0.1, 0.15) is 51.9 Å². The van der Waals surface area contributed by atoms with E-state index in [1.165, 1.54) is 61.1 Å². The van der Waals surface area contributed by atoms with Crippen molar-refractivity contribution in [3.63, 3.8) is 0 Å². The Morgan fingerprint density at radius 2 is 0.969 bits per heavy atom. The predicted molar refractivity (Wildman–Crippen MR) is 139 cm³/mol. The van der Waals surface area contributed by atoms with Crippen LogP contribution in [0.5, 0.6) is 0 Å². The number of benzene rings is 3. The van der Waals surface area contributed by atoms with Crippen LogP contribution in [-0.2, 0) is 9.53 Å². The van der Waals surface area contributed by atoms with Crippen LogP contribution in [0.25, 0.3) is 0 Å². The van der Waals surface area contributed by atoms with Gasteiger partial charge in [-0.1, -0.05) is 80.3 Å². The van der Waals surface area contributed by atoms with Gasteiger partial charge in [0, 0.05) is 6.92 Å². The van der Waals surface area contributed by atoms with Gasteiger partial charge in [-0.2, -0.15) is 0 Å². The number of hydrogen-bond donors (Lipinski definition) is 0.